The van der Waals surface area contributed by atoms with Crippen LogP contribution in [0.4, 0.5) is 4.70 Å². The molecular formula is C12H19F. The summed E-state index contributed by atoms with van der Waals surface area (Å²) in [6.07, 6.45) is 0. The monoisotopic (exact) mass is 182 g/mol. The molecule has 0 aliphatic heterocycles. The van der Waals surface area contributed by atoms with Crippen LogP contribution in [0.25, 0.3) is 0 Å². The van der Waals surface area contributed by atoms with Crippen LogP contribution in [-0.4, -0.2) is 0 Å². The molecule has 0 aromatic heterocycles. The normalized spacial score (nSPS) is 90.0. The van der Waals surface area contributed by atoms with Crippen LogP contribution in [-0.2, 0) is 0 Å². The van der Waals surface area contributed by atoms with E-state index < -0.39 is 0 Å². The zero-order valence-electron chi connectivity index (χ0n) is 9.41. The molecule has 0 saturated heterocycles. The second-order valence-electron chi connectivity index (χ2n) is 6.75. The molecule has 5 fully saturated rings. The molecule has 5 aliphatic carbocycles. The highest BCUT2D eigenvalue weighted by Gasteiger charge is 3.29. The van der Waals surface area contributed by atoms with Crippen LogP contribution < -0.4 is 0 Å². The molecule has 0 aromatic rings. The molecule has 74 valence electrons. The lowest BCUT2D eigenvalue weighted by molar-refractivity contribution is 0.0302. The van der Waals surface area contributed by atoms with E-state index in [1.54, 1.807) is 0 Å². The zero-order chi connectivity index (χ0) is 9.00. The Balaban J connectivity index is 0.000000562. The number of rotatable bonds is 0. The van der Waals surface area contributed by atoms with Crippen LogP contribution >= 0.6 is 0 Å². The van der Waals surface area contributed by atoms with Gasteiger partial charge in [0, 0.05) is 0 Å². The van der Waals surface area contributed by atoms with Gasteiger partial charge < -0.3 is 0 Å². The van der Waals surface area contributed by atoms with Crippen LogP contribution in [0.1, 0.15) is 41.5 Å². The van der Waals surface area contributed by atoms with Crippen LogP contribution in [0.5, 0.6) is 0 Å². The molecule has 13 heavy (non-hydrogen) atoms. The predicted octanol–water partition coefficient (Wildman–Crippen LogP) is 3.23. The van der Waals surface area contributed by atoms with Crippen molar-refractivity contribution in [1.29, 1.82) is 0 Å². The Morgan fingerprint density at radius 1 is 0.385 bits per heavy atom. The molecule has 0 spiro atoms. The SMILES string of the molecule is CC12C3(C)C1(C)C1(C)C2(C)C31C.F. The fourth-order valence-corrected chi connectivity index (χ4v) is 8.06. The first-order chi connectivity index (χ1) is 5.25. The van der Waals surface area contributed by atoms with Crippen molar-refractivity contribution >= 4 is 0 Å². The molecule has 1 heteroatoms. The highest BCUT2D eigenvalue weighted by molar-refractivity contribution is 5.75. The summed E-state index contributed by atoms with van der Waals surface area (Å²) in [6.45, 7) is 15.2. The third-order valence-electron chi connectivity index (χ3n) is 8.88. The Morgan fingerprint density at radius 3 is 0.538 bits per heavy atom. The van der Waals surface area contributed by atoms with Crippen molar-refractivity contribution in [3.8, 4) is 0 Å². The van der Waals surface area contributed by atoms with Gasteiger partial charge in [-0.15, -0.1) is 0 Å². The van der Waals surface area contributed by atoms with E-state index in [1.807, 2.05) is 0 Å². The minimum atomic E-state index is 0. The van der Waals surface area contributed by atoms with E-state index in [4.69, 9.17) is 0 Å². The van der Waals surface area contributed by atoms with Crippen LogP contribution in [0, 0.1) is 32.5 Å². The van der Waals surface area contributed by atoms with Crippen LogP contribution in [0.15, 0.2) is 0 Å². The van der Waals surface area contributed by atoms with E-state index in [0.717, 1.165) is 32.5 Å². The minimum Gasteiger partial charge on any atom is -0.269 e. The van der Waals surface area contributed by atoms with Crippen molar-refractivity contribution in [3.05, 3.63) is 0 Å². The van der Waals surface area contributed by atoms with Crippen LogP contribution in [0.2, 0.25) is 0 Å². The number of hydrogen-bond donors (Lipinski definition) is 0. The van der Waals surface area contributed by atoms with Crippen molar-refractivity contribution < 1.29 is 4.70 Å². The molecule has 5 rings (SSSR count). The molecule has 0 amide bonds. The second kappa shape index (κ2) is 1.10. The van der Waals surface area contributed by atoms with Gasteiger partial charge >= 0.3 is 0 Å². The van der Waals surface area contributed by atoms with E-state index in [0.29, 0.717) is 0 Å². The topological polar surface area (TPSA) is 0 Å². The molecule has 0 radical (unpaired) electrons. The van der Waals surface area contributed by atoms with Gasteiger partial charge in [-0.25, -0.2) is 0 Å². The maximum absolute atomic E-state index is 2.53. The zero-order valence-corrected chi connectivity index (χ0v) is 9.41. The Kier molecular flexibility index (Phi) is 0.701. The predicted molar refractivity (Wildman–Crippen MR) is 51.1 cm³/mol. The standard InChI is InChI=1S/C12H18.FH/c1-7-8(2)9(7,3)12(6)10(7,4)11(8,12)5;/h1-6H3;1H. The van der Waals surface area contributed by atoms with E-state index >= 15 is 0 Å². The maximum atomic E-state index is 2.53. The molecule has 0 unspecified atom stereocenters. The lowest BCUT2D eigenvalue weighted by Gasteiger charge is -2.43. The van der Waals surface area contributed by atoms with Crippen LogP contribution in [0.3, 0.4) is 0 Å². The highest BCUT2D eigenvalue weighted by atomic mass is 19.0. The summed E-state index contributed by atoms with van der Waals surface area (Å²) < 4.78 is 0. The van der Waals surface area contributed by atoms with Gasteiger partial charge in [0.1, 0.15) is 0 Å². The molecule has 5 saturated carbocycles. The maximum Gasteiger partial charge on any atom is -0.0130 e. The van der Waals surface area contributed by atoms with E-state index in [1.165, 1.54) is 0 Å². The Morgan fingerprint density at radius 2 is 0.462 bits per heavy atom. The van der Waals surface area contributed by atoms with Gasteiger partial charge in [0.05, 0.1) is 0 Å². The van der Waals surface area contributed by atoms with Gasteiger partial charge in [-0.1, -0.05) is 41.5 Å². The average Bonchev–Trinajstić information content (AvgIpc) is 2.54. The summed E-state index contributed by atoms with van der Waals surface area (Å²) in [5.41, 5.74) is 4.31. The molecule has 0 bridgehead atoms. The van der Waals surface area contributed by atoms with Crippen molar-refractivity contribution in [2.24, 2.45) is 32.5 Å². The second-order valence-corrected chi connectivity index (χ2v) is 6.75. The lowest BCUT2D eigenvalue weighted by Crippen LogP contribution is -2.39. The quantitative estimate of drug-likeness (QED) is 0.539. The van der Waals surface area contributed by atoms with E-state index in [9.17, 15) is 0 Å². The molecule has 0 N–H and O–H groups in total. The summed E-state index contributed by atoms with van der Waals surface area (Å²) >= 11 is 0. The van der Waals surface area contributed by atoms with Gasteiger partial charge in [-0.05, 0) is 32.5 Å². The minimum absolute atomic E-state index is 0. The van der Waals surface area contributed by atoms with E-state index in [-0.39, 0.29) is 4.70 Å². The van der Waals surface area contributed by atoms with Crippen molar-refractivity contribution in [2.75, 3.05) is 0 Å². The third-order valence-corrected chi connectivity index (χ3v) is 8.88. The summed E-state index contributed by atoms with van der Waals surface area (Å²) in [5, 5.41) is 0. The first kappa shape index (κ1) is 8.26. The average molecular weight is 182 g/mol. The third kappa shape index (κ3) is 0.199. The molecular weight excluding hydrogens is 163 g/mol. The van der Waals surface area contributed by atoms with Gasteiger partial charge in [-0.2, -0.15) is 0 Å². The summed E-state index contributed by atoms with van der Waals surface area (Å²) in [5.74, 6) is 0. The molecule has 0 nitrogen and oxygen atoms in total. The Labute approximate surface area is 79.5 Å². The van der Waals surface area contributed by atoms with E-state index in [2.05, 4.69) is 41.5 Å². The first-order valence-corrected chi connectivity index (χ1v) is 5.25. The largest absolute Gasteiger partial charge is 0.269 e. The van der Waals surface area contributed by atoms with Crippen molar-refractivity contribution in [1.82, 2.24) is 0 Å². The van der Waals surface area contributed by atoms with Gasteiger partial charge in [-0.3, -0.25) is 4.70 Å². The lowest BCUT2D eigenvalue weighted by atomic mass is 9.60. The number of hydrogen-bond acceptors (Lipinski definition) is 0. The summed E-state index contributed by atoms with van der Waals surface area (Å²) in [6, 6.07) is 0. The first-order valence-electron chi connectivity index (χ1n) is 5.25. The summed E-state index contributed by atoms with van der Waals surface area (Å²) in [7, 11) is 0. The van der Waals surface area contributed by atoms with Crippen molar-refractivity contribution in [3.63, 3.8) is 0 Å². The van der Waals surface area contributed by atoms with Crippen molar-refractivity contribution in [2.45, 2.75) is 41.5 Å². The molecule has 0 aromatic carbocycles. The molecule has 0 atom stereocenters. The fourth-order valence-electron chi connectivity index (χ4n) is 8.06. The fraction of sp³-hybridized carbons (Fsp3) is 1.00. The smallest absolute Gasteiger partial charge is 0.0130 e. The molecule has 0 heterocycles. The van der Waals surface area contributed by atoms with Gasteiger partial charge in [0.2, 0.25) is 0 Å². The van der Waals surface area contributed by atoms with Gasteiger partial charge in [0.25, 0.3) is 0 Å². The Bertz CT molecular complexity index is 227. The highest BCUT2D eigenvalue weighted by Crippen LogP contribution is 3.32. The summed E-state index contributed by atoms with van der Waals surface area (Å²) in [4.78, 5) is 0. The Hall–Kier alpha value is -0.0700. The number of halogens is 1. The molecule has 5 aliphatic rings. The van der Waals surface area contributed by atoms with Gasteiger partial charge in [0.15, 0.2) is 0 Å².